The third-order valence-corrected chi connectivity index (χ3v) is 3.38. The third-order valence-electron chi connectivity index (χ3n) is 3.38. The van der Waals surface area contributed by atoms with Crippen LogP contribution in [-0.4, -0.2) is 48.6 Å². The van der Waals surface area contributed by atoms with E-state index in [1.54, 1.807) is 0 Å². The largest absolute Gasteiger partial charge is 0.381 e. The van der Waals surface area contributed by atoms with Crippen LogP contribution in [0.4, 0.5) is 0 Å². The molecule has 0 aromatic heterocycles. The first-order chi connectivity index (χ1) is 8.09. The Labute approximate surface area is 101 Å². The maximum atomic E-state index is 12.0. The van der Waals surface area contributed by atoms with E-state index in [1.807, 2.05) is 13.8 Å². The van der Waals surface area contributed by atoms with Gasteiger partial charge in [0.05, 0.1) is 19.1 Å². The zero-order valence-electron chi connectivity index (χ0n) is 10.4. The zero-order valence-corrected chi connectivity index (χ0v) is 10.4. The fraction of sp³-hybridized carbons (Fsp3) is 0.833. The summed E-state index contributed by atoms with van der Waals surface area (Å²) in [5.41, 5.74) is 0. The molecule has 2 unspecified atom stereocenters. The van der Waals surface area contributed by atoms with E-state index in [0.29, 0.717) is 12.3 Å². The minimum Gasteiger partial charge on any atom is -0.381 e. The molecule has 2 amide bonds. The Morgan fingerprint density at radius 2 is 2.24 bits per heavy atom. The molecule has 2 rings (SSSR count). The van der Waals surface area contributed by atoms with Crippen LogP contribution in [0.25, 0.3) is 0 Å². The SMILES string of the molecule is CC(C)N1C(=O)CC(NCC2CCOC2)C1=O. The van der Waals surface area contributed by atoms with Crippen LogP contribution in [0.15, 0.2) is 0 Å². The van der Waals surface area contributed by atoms with Gasteiger partial charge in [-0.25, -0.2) is 0 Å². The van der Waals surface area contributed by atoms with Gasteiger partial charge in [-0.3, -0.25) is 14.5 Å². The van der Waals surface area contributed by atoms with E-state index in [4.69, 9.17) is 4.74 Å². The fourth-order valence-electron chi connectivity index (χ4n) is 2.41. The monoisotopic (exact) mass is 240 g/mol. The van der Waals surface area contributed by atoms with Crippen LogP contribution in [0.2, 0.25) is 0 Å². The second-order valence-corrected chi connectivity index (χ2v) is 5.09. The van der Waals surface area contributed by atoms with Crippen molar-refractivity contribution in [3.63, 3.8) is 0 Å². The van der Waals surface area contributed by atoms with E-state index in [9.17, 15) is 9.59 Å². The predicted molar refractivity (Wildman–Crippen MR) is 62.3 cm³/mol. The van der Waals surface area contributed by atoms with E-state index in [2.05, 4.69) is 5.32 Å². The molecule has 0 aromatic carbocycles. The molecule has 17 heavy (non-hydrogen) atoms. The molecule has 0 radical (unpaired) electrons. The molecule has 0 bridgehead atoms. The van der Waals surface area contributed by atoms with Gasteiger partial charge in [-0.05, 0) is 26.2 Å². The van der Waals surface area contributed by atoms with Crippen LogP contribution >= 0.6 is 0 Å². The molecule has 0 saturated carbocycles. The molecule has 2 heterocycles. The van der Waals surface area contributed by atoms with Crippen molar-refractivity contribution >= 4 is 11.8 Å². The summed E-state index contributed by atoms with van der Waals surface area (Å²) < 4.78 is 5.28. The number of amides is 2. The molecule has 2 aliphatic heterocycles. The summed E-state index contributed by atoms with van der Waals surface area (Å²) in [4.78, 5) is 25.0. The fourth-order valence-corrected chi connectivity index (χ4v) is 2.41. The van der Waals surface area contributed by atoms with Crippen LogP contribution in [0.1, 0.15) is 26.7 Å². The maximum absolute atomic E-state index is 12.0. The highest BCUT2D eigenvalue weighted by molar-refractivity contribution is 6.05. The standard InChI is InChI=1S/C12H20N2O3/c1-8(2)14-11(15)5-10(12(14)16)13-6-9-3-4-17-7-9/h8-10,13H,3-7H2,1-2H3. The van der Waals surface area contributed by atoms with Crippen molar-refractivity contribution in [1.29, 1.82) is 0 Å². The number of nitrogens with one attached hydrogen (secondary N) is 1. The molecular formula is C12H20N2O3. The lowest BCUT2D eigenvalue weighted by Crippen LogP contribution is -2.43. The number of carbonyl (C=O) groups is 2. The molecule has 96 valence electrons. The summed E-state index contributed by atoms with van der Waals surface area (Å²) >= 11 is 0. The number of likely N-dealkylation sites (tertiary alicyclic amines) is 1. The van der Waals surface area contributed by atoms with Crippen molar-refractivity contribution < 1.29 is 14.3 Å². The number of nitrogens with zero attached hydrogens (tertiary/aromatic N) is 1. The summed E-state index contributed by atoms with van der Waals surface area (Å²) in [7, 11) is 0. The number of rotatable bonds is 4. The van der Waals surface area contributed by atoms with Gasteiger partial charge in [-0.2, -0.15) is 0 Å². The summed E-state index contributed by atoms with van der Waals surface area (Å²) in [5.74, 6) is 0.333. The van der Waals surface area contributed by atoms with Crippen molar-refractivity contribution in [2.45, 2.75) is 38.8 Å². The number of ether oxygens (including phenoxy) is 1. The Morgan fingerprint density at radius 1 is 1.47 bits per heavy atom. The molecule has 2 saturated heterocycles. The highest BCUT2D eigenvalue weighted by atomic mass is 16.5. The molecule has 2 aliphatic rings. The topological polar surface area (TPSA) is 58.6 Å². The average Bonchev–Trinajstić information content (AvgIpc) is 2.84. The quantitative estimate of drug-likeness (QED) is 0.711. The van der Waals surface area contributed by atoms with Gasteiger partial charge in [-0.15, -0.1) is 0 Å². The Kier molecular flexibility index (Phi) is 3.79. The van der Waals surface area contributed by atoms with E-state index >= 15 is 0 Å². The van der Waals surface area contributed by atoms with Crippen molar-refractivity contribution in [1.82, 2.24) is 10.2 Å². The van der Waals surface area contributed by atoms with Crippen LogP contribution in [-0.2, 0) is 14.3 Å². The number of carbonyl (C=O) groups excluding carboxylic acids is 2. The van der Waals surface area contributed by atoms with Crippen molar-refractivity contribution in [3.8, 4) is 0 Å². The van der Waals surface area contributed by atoms with Gasteiger partial charge in [0.1, 0.15) is 0 Å². The van der Waals surface area contributed by atoms with E-state index < -0.39 is 0 Å². The zero-order chi connectivity index (χ0) is 12.4. The molecular weight excluding hydrogens is 220 g/mol. The second kappa shape index (κ2) is 5.14. The van der Waals surface area contributed by atoms with E-state index in [-0.39, 0.29) is 23.9 Å². The Morgan fingerprint density at radius 3 is 2.76 bits per heavy atom. The Hall–Kier alpha value is -0.940. The molecule has 5 heteroatoms. The number of imide groups is 1. The highest BCUT2D eigenvalue weighted by Crippen LogP contribution is 2.17. The van der Waals surface area contributed by atoms with Crippen LogP contribution in [0.3, 0.4) is 0 Å². The summed E-state index contributed by atoms with van der Waals surface area (Å²) in [6.45, 7) is 6.05. The summed E-state index contributed by atoms with van der Waals surface area (Å²) in [6, 6.07) is -0.373. The van der Waals surface area contributed by atoms with Gasteiger partial charge in [0.15, 0.2) is 0 Å². The lowest BCUT2D eigenvalue weighted by Gasteiger charge is -2.19. The first kappa shape index (κ1) is 12.5. The minimum absolute atomic E-state index is 0.0448. The molecule has 5 nitrogen and oxygen atoms in total. The Bertz CT molecular complexity index is 311. The van der Waals surface area contributed by atoms with Gasteiger partial charge < -0.3 is 10.1 Å². The average molecular weight is 240 g/mol. The number of hydrogen-bond acceptors (Lipinski definition) is 4. The normalized spacial score (nSPS) is 29.7. The van der Waals surface area contributed by atoms with Gasteiger partial charge in [0.2, 0.25) is 11.8 Å². The van der Waals surface area contributed by atoms with Gasteiger partial charge >= 0.3 is 0 Å². The maximum Gasteiger partial charge on any atom is 0.247 e. The Balaban J connectivity index is 1.85. The first-order valence-corrected chi connectivity index (χ1v) is 6.26. The summed E-state index contributed by atoms with van der Waals surface area (Å²) in [6.07, 6.45) is 1.33. The lowest BCUT2D eigenvalue weighted by atomic mass is 10.1. The highest BCUT2D eigenvalue weighted by Gasteiger charge is 2.39. The third kappa shape index (κ3) is 2.66. The van der Waals surface area contributed by atoms with Crippen molar-refractivity contribution in [2.75, 3.05) is 19.8 Å². The first-order valence-electron chi connectivity index (χ1n) is 6.26. The van der Waals surface area contributed by atoms with Crippen LogP contribution < -0.4 is 5.32 Å². The molecule has 0 spiro atoms. The van der Waals surface area contributed by atoms with Crippen molar-refractivity contribution in [3.05, 3.63) is 0 Å². The molecule has 2 atom stereocenters. The van der Waals surface area contributed by atoms with Crippen LogP contribution in [0.5, 0.6) is 0 Å². The van der Waals surface area contributed by atoms with E-state index in [1.165, 1.54) is 4.90 Å². The predicted octanol–water partition coefficient (Wildman–Crippen LogP) is 0.148. The lowest BCUT2D eigenvalue weighted by molar-refractivity contribution is -0.140. The van der Waals surface area contributed by atoms with Crippen molar-refractivity contribution in [2.24, 2.45) is 5.92 Å². The molecule has 1 N–H and O–H groups in total. The minimum atomic E-state index is -0.328. The van der Waals surface area contributed by atoms with Gasteiger partial charge in [0, 0.05) is 19.2 Å². The molecule has 2 fully saturated rings. The summed E-state index contributed by atoms with van der Waals surface area (Å²) in [5, 5.41) is 3.20. The molecule has 0 aromatic rings. The molecule has 0 aliphatic carbocycles. The smallest absolute Gasteiger partial charge is 0.247 e. The van der Waals surface area contributed by atoms with Gasteiger partial charge in [0.25, 0.3) is 0 Å². The van der Waals surface area contributed by atoms with Gasteiger partial charge in [-0.1, -0.05) is 0 Å². The number of hydrogen-bond donors (Lipinski definition) is 1. The van der Waals surface area contributed by atoms with Crippen LogP contribution in [0, 0.1) is 5.92 Å². The second-order valence-electron chi connectivity index (χ2n) is 5.09. The van der Waals surface area contributed by atoms with E-state index in [0.717, 1.165) is 26.2 Å².